The quantitative estimate of drug-likeness (QED) is 0.491. The summed E-state index contributed by atoms with van der Waals surface area (Å²) in [5, 5.41) is 9.98. The Bertz CT molecular complexity index is 297. The van der Waals surface area contributed by atoms with Crippen molar-refractivity contribution < 1.29 is 28.3 Å². The van der Waals surface area contributed by atoms with Crippen LogP contribution >= 0.6 is 7.60 Å². The second-order valence-electron chi connectivity index (χ2n) is 4.11. The van der Waals surface area contributed by atoms with Crippen molar-refractivity contribution in [2.45, 2.75) is 39.7 Å². The van der Waals surface area contributed by atoms with E-state index in [4.69, 9.17) is 9.05 Å². The van der Waals surface area contributed by atoms with Crippen molar-refractivity contribution in [3.05, 3.63) is 0 Å². The number of hydrogen-bond acceptors (Lipinski definition) is 6. The molecule has 2 atom stereocenters. The van der Waals surface area contributed by atoms with Gasteiger partial charge in [-0.1, -0.05) is 13.3 Å². The second-order valence-corrected chi connectivity index (χ2v) is 6.22. The highest BCUT2D eigenvalue weighted by Gasteiger charge is 2.37. The van der Waals surface area contributed by atoms with Crippen LogP contribution in [0.3, 0.4) is 0 Å². The minimum atomic E-state index is -3.38. The van der Waals surface area contributed by atoms with Gasteiger partial charge in [0.15, 0.2) is 0 Å². The average Bonchev–Trinajstić information content (AvgIpc) is 2.36. The Morgan fingerprint density at radius 2 is 1.74 bits per heavy atom. The smallest absolute Gasteiger partial charge is 0.331 e. The molecule has 0 saturated carbocycles. The number of rotatable bonds is 10. The van der Waals surface area contributed by atoms with Gasteiger partial charge in [-0.3, -0.25) is 9.36 Å². The van der Waals surface area contributed by atoms with E-state index < -0.39 is 25.6 Å². The van der Waals surface area contributed by atoms with E-state index in [2.05, 4.69) is 4.74 Å². The molecule has 0 aliphatic rings. The molecule has 0 spiro atoms. The molecule has 114 valence electrons. The fraction of sp³-hybridized carbons (Fsp3) is 0.917. The monoisotopic (exact) mass is 296 g/mol. The summed E-state index contributed by atoms with van der Waals surface area (Å²) in [6, 6.07) is 0. The van der Waals surface area contributed by atoms with Gasteiger partial charge in [0.2, 0.25) is 0 Å². The van der Waals surface area contributed by atoms with Crippen LogP contribution < -0.4 is 0 Å². The Hall–Kier alpha value is -0.420. The molecule has 0 aromatic heterocycles. The molecule has 0 heterocycles. The lowest BCUT2D eigenvalue weighted by atomic mass is 10.0. The highest BCUT2D eigenvalue weighted by Crippen LogP contribution is 2.50. The maximum atomic E-state index is 12.4. The van der Waals surface area contributed by atoms with E-state index in [-0.39, 0.29) is 19.4 Å². The van der Waals surface area contributed by atoms with Crippen LogP contribution in [0.1, 0.15) is 33.6 Å². The third kappa shape index (κ3) is 6.52. The molecule has 0 aliphatic carbocycles. The molecule has 0 saturated heterocycles. The van der Waals surface area contributed by atoms with Crippen LogP contribution in [0.15, 0.2) is 0 Å². The Morgan fingerprint density at radius 3 is 2.11 bits per heavy atom. The normalized spacial score (nSPS) is 15.0. The maximum Gasteiger partial charge on any atom is 0.331 e. The highest BCUT2D eigenvalue weighted by molar-refractivity contribution is 7.53. The lowest BCUT2D eigenvalue weighted by Gasteiger charge is -2.24. The summed E-state index contributed by atoms with van der Waals surface area (Å²) in [7, 11) is -2.14. The van der Waals surface area contributed by atoms with Crippen LogP contribution in [0.4, 0.5) is 0 Å². The summed E-state index contributed by atoms with van der Waals surface area (Å²) in [5.41, 5.74) is 0. The van der Waals surface area contributed by atoms with Crippen molar-refractivity contribution in [3.8, 4) is 0 Å². The van der Waals surface area contributed by atoms with Gasteiger partial charge < -0.3 is 18.9 Å². The zero-order chi connectivity index (χ0) is 14.9. The summed E-state index contributed by atoms with van der Waals surface area (Å²) >= 11 is 0. The van der Waals surface area contributed by atoms with E-state index in [1.54, 1.807) is 13.8 Å². The lowest BCUT2D eigenvalue weighted by Crippen LogP contribution is -2.32. The van der Waals surface area contributed by atoms with Gasteiger partial charge in [0.1, 0.15) is 0 Å². The Kier molecular flexibility index (Phi) is 9.27. The maximum absolute atomic E-state index is 12.4. The molecular weight excluding hydrogens is 271 g/mol. The SMILES string of the molecule is CCC[C@H](O)[C@H](CP(=O)(OCC)OCC)C(=O)OC. The molecule has 0 aliphatic heterocycles. The molecular formula is C12H25O6P. The van der Waals surface area contributed by atoms with Gasteiger partial charge in [-0.25, -0.2) is 0 Å². The van der Waals surface area contributed by atoms with Crippen molar-refractivity contribution in [1.82, 2.24) is 0 Å². The number of carbonyl (C=O) groups excluding carboxylic acids is 1. The third-order valence-electron chi connectivity index (χ3n) is 2.62. The number of esters is 1. The van der Waals surface area contributed by atoms with Crippen LogP contribution in [-0.4, -0.2) is 43.7 Å². The number of ether oxygens (including phenoxy) is 1. The Labute approximate surface area is 115 Å². The molecule has 0 unspecified atom stereocenters. The molecule has 0 aromatic carbocycles. The largest absolute Gasteiger partial charge is 0.469 e. The first-order valence-electron chi connectivity index (χ1n) is 6.58. The molecule has 0 fully saturated rings. The Balaban J connectivity index is 4.94. The summed E-state index contributed by atoms with van der Waals surface area (Å²) in [6.07, 6.45) is 0.0645. The van der Waals surface area contributed by atoms with E-state index in [0.29, 0.717) is 12.8 Å². The van der Waals surface area contributed by atoms with Crippen LogP contribution in [0.5, 0.6) is 0 Å². The van der Waals surface area contributed by atoms with Gasteiger partial charge >= 0.3 is 13.6 Å². The van der Waals surface area contributed by atoms with E-state index in [1.807, 2.05) is 6.92 Å². The molecule has 7 heteroatoms. The number of aliphatic hydroxyl groups excluding tert-OH is 1. The zero-order valence-corrected chi connectivity index (χ0v) is 13.0. The van der Waals surface area contributed by atoms with Crippen molar-refractivity contribution in [2.75, 3.05) is 26.5 Å². The van der Waals surface area contributed by atoms with Crippen LogP contribution in [-0.2, 0) is 23.1 Å². The molecule has 0 rings (SSSR count). The van der Waals surface area contributed by atoms with Gasteiger partial charge in [-0.05, 0) is 20.3 Å². The number of carbonyl (C=O) groups is 1. The fourth-order valence-electron chi connectivity index (χ4n) is 1.78. The highest BCUT2D eigenvalue weighted by atomic mass is 31.2. The minimum Gasteiger partial charge on any atom is -0.469 e. The standard InChI is InChI=1S/C12H25O6P/c1-5-8-11(13)10(12(14)16-4)9-19(15,17-6-2)18-7-3/h10-11,13H,5-9H2,1-4H3/t10-,11-/m0/s1. The molecule has 0 bridgehead atoms. The van der Waals surface area contributed by atoms with E-state index in [9.17, 15) is 14.5 Å². The first-order chi connectivity index (χ1) is 8.94. The minimum absolute atomic E-state index is 0.164. The van der Waals surface area contributed by atoms with Gasteiger partial charge in [0, 0.05) is 0 Å². The summed E-state index contributed by atoms with van der Waals surface area (Å²) in [6.45, 7) is 5.72. The lowest BCUT2D eigenvalue weighted by molar-refractivity contribution is -0.148. The van der Waals surface area contributed by atoms with Crippen LogP contribution in [0.25, 0.3) is 0 Å². The molecule has 0 amide bonds. The first kappa shape index (κ1) is 18.6. The van der Waals surface area contributed by atoms with Gasteiger partial charge in [0.05, 0.1) is 38.5 Å². The predicted octanol–water partition coefficient (Wildman–Crippen LogP) is 2.20. The summed E-state index contributed by atoms with van der Waals surface area (Å²) < 4.78 is 27.3. The van der Waals surface area contributed by atoms with Gasteiger partial charge in [-0.15, -0.1) is 0 Å². The van der Waals surface area contributed by atoms with Crippen molar-refractivity contribution in [3.63, 3.8) is 0 Å². The molecule has 0 aromatic rings. The van der Waals surface area contributed by atoms with Crippen molar-refractivity contribution in [2.24, 2.45) is 5.92 Å². The Morgan fingerprint density at radius 1 is 1.21 bits per heavy atom. The van der Waals surface area contributed by atoms with E-state index >= 15 is 0 Å². The summed E-state index contributed by atoms with van der Waals surface area (Å²) in [4.78, 5) is 11.7. The van der Waals surface area contributed by atoms with Gasteiger partial charge in [0.25, 0.3) is 0 Å². The molecule has 19 heavy (non-hydrogen) atoms. The number of aliphatic hydroxyl groups is 1. The predicted molar refractivity (Wildman–Crippen MR) is 72.1 cm³/mol. The topological polar surface area (TPSA) is 82.1 Å². The van der Waals surface area contributed by atoms with Crippen LogP contribution in [0.2, 0.25) is 0 Å². The van der Waals surface area contributed by atoms with E-state index in [1.165, 1.54) is 7.11 Å². The second kappa shape index (κ2) is 9.48. The molecule has 1 N–H and O–H groups in total. The summed E-state index contributed by atoms with van der Waals surface area (Å²) in [5.74, 6) is -1.49. The van der Waals surface area contributed by atoms with Crippen molar-refractivity contribution >= 4 is 13.6 Å². The first-order valence-corrected chi connectivity index (χ1v) is 8.30. The zero-order valence-electron chi connectivity index (χ0n) is 12.1. The number of hydrogen-bond donors (Lipinski definition) is 1. The van der Waals surface area contributed by atoms with Crippen molar-refractivity contribution in [1.29, 1.82) is 0 Å². The van der Waals surface area contributed by atoms with Gasteiger partial charge in [-0.2, -0.15) is 0 Å². The number of methoxy groups -OCH3 is 1. The third-order valence-corrected chi connectivity index (χ3v) is 4.77. The van der Waals surface area contributed by atoms with E-state index in [0.717, 1.165) is 0 Å². The molecule has 6 nitrogen and oxygen atoms in total. The van der Waals surface area contributed by atoms with Crippen LogP contribution in [0, 0.1) is 5.92 Å². The molecule has 0 radical (unpaired) electrons. The average molecular weight is 296 g/mol. The fourth-order valence-corrected chi connectivity index (χ4v) is 3.72.